The number of benzene rings is 2. The van der Waals surface area contributed by atoms with Crippen molar-refractivity contribution < 1.29 is 5.11 Å². The summed E-state index contributed by atoms with van der Waals surface area (Å²) in [6, 6.07) is 10.3. The Balaban J connectivity index is 2.11. The second kappa shape index (κ2) is 4.75. The summed E-state index contributed by atoms with van der Waals surface area (Å²) in [7, 11) is 0. The summed E-state index contributed by atoms with van der Waals surface area (Å²) in [6.45, 7) is 0.528. The first-order valence-electron chi connectivity index (χ1n) is 5.52. The van der Waals surface area contributed by atoms with Gasteiger partial charge in [-0.25, -0.2) is 0 Å². The molecule has 8 N–H and O–H groups in total. The number of aromatic hydroxyl groups is 1. The first-order chi connectivity index (χ1) is 8.56. The number of nitrogens with one attached hydrogen (secondary N) is 1. The Hall–Kier alpha value is -2.56. The molecule has 0 saturated carbocycles. The Bertz CT molecular complexity index is 569. The molecule has 0 aliphatic heterocycles. The van der Waals surface area contributed by atoms with E-state index in [1.54, 1.807) is 30.3 Å². The highest BCUT2D eigenvalue weighted by molar-refractivity contribution is 5.62. The van der Waals surface area contributed by atoms with Gasteiger partial charge in [-0.05, 0) is 35.9 Å². The Morgan fingerprint density at radius 3 is 2.39 bits per heavy atom. The van der Waals surface area contributed by atoms with E-state index in [1.807, 2.05) is 6.07 Å². The van der Waals surface area contributed by atoms with Crippen molar-refractivity contribution in [3.63, 3.8) is 0 Å². The highest BCUT2D eigenvalue weighted by Gasteiger charge is 2.02. The van der Waals surface area contributed by atoms with Gasteiger partial charge < -0.3 is 27.6 Å². The SMILES string of the molecule is Nc1ccc(N)c(CNc2ccc(N)c(O)c2)c1. The zero-order chi connectivity index (χ0) is 13.1. The summed E-state index contributed by atoms with van der Waals surface area (Å²) >= 11 is 0. The van der Waals surface area contributed by atoms with E-state index < -0.39 is 0 Å². The van der Waals surface area contributed by atoms with Crippen molar-refractivity contribution in [1.29, 1.82) is 0 Å². The molecular formula is C13H16N4O. The summed E-state index contributed by atoms with van der Waals surface area (Å²) in [5.74, 6) is 0.0561. The normalized spacial score (nSPS) is 10.2. The Kier molecular flexibility index (Phi) is 3.14. The van der Waals surface area contributed by atoms with E-state index in [0.717, 1.165) is 11.3 Å². The quantitative estimate of drug-likeness (QED) is 0.417. The number of phenolic OH excluding ortho intramolecular Hbond substituents is 1. The van der Waals surface area contributed by atoms with Crippen LogP contribution < -0.4 is 22.5 Å². The molecule has 2 aromatic rings. The van der Waals surface area contributed by atoms with E-state index >= 15 is 0 Å². The van der Waals surface area contributed by atoms with Gasteiger partial charge in [-0.15, -0.1) is 0 Å². The number of nitrogens with two attached hydrogens (primary N) is 3. The zero-order valence-corrected chi connectivity index (χ0v) is 9.85. The largest absolute Gasteiger partial charge is 0.506 e. The topological polar surface area (TPSA) is 110 Å². The second-order valence-electron chi connectivity index (χ2n) is 4.09. The third-order valence-electron chi connectivity index (χ3n) is 2.68. The van der Waals surface area contributed by atoms with Gasteiger partial charge in [0.1, 0.15) is 5.75 Å². The minimum absolute atomic E-state index is 0.0561. The summed E-state index contributed by atoms with van der Waals surface area (Å²) in [5, 5.41) is 12.6. The van der Waals surface area contributed by atoms with Gasteiger partial charge in [0.2, 0.25) is 0 Å². The Morgan fingerprint density at radius 1 is 0.944 bits per heavy atom. The lowest BCUT2D eigenvalue weighted by Gasteiger charge is -2.10. The highest BCUT2D eigenvalue weighted by atomic mass is 16.3. The van der Waals surface area contributed by atoms with E-state index in [2.05, 4.69) is 5.32 Å². The number of hydrogen-bond donors (Lipinski definition) is 5. The fourth-order valence-electron chi connectivity index (χ4n) is 1.63. The van der Waals surface area contributed by atoms with Crippen LogP contribution in [0.4, 0.5) is 22.7 Å². The van der Waals surface area contributed by atoms with Crippen molar-refractivity contribution in [3.8, 4) is 5.75 Å². The third-order valence-corrected chi connectivity index (χ3v) is 2.68. The van der Waals surface area contributed by atoms with Crippen LogP contribution in [0, 0.1) is 0 Å². The average molecular weight is 244 g/mol. The van der Waals surface area contributed by atoms with Crippen LogP contribution in [0.2, 0.25) is 0 Å². The van der Waals surface area contributed by atoms with Crippen molar-refractivity contribution in [3.05, 3.63) is 42.0 Å². The predicted octanol–water partition coefficient (Wildman–Crippen LogP) is 1.75. The molecule has 0 unspecified atom stereocenters. The van der Waals surface area contributed by atoms with Crippen LogP contribution in [0.5, 0.6) is 5.75 Å². The lowest BCUT2D eigenvalue weighted by Crippen LogP contribution is -2.04. The van der Waals surface area contributed by atoms with E-state index in [4.69, 9.17) is 17.2 Å². The molecule has 5 nitrogen and oxygen atoms in total. The molecule has 18 heavy (non-hydrogen) atoms. The van der Waals surface area contributed by atoms with Crippen LogP contribution >= 0.6 is 0 Å². The van der Waals surface area contributed by atoms with Gasteiger partial charge in [-0.3, -0.25) is 0 Å². The molecule has 0 aliphatic carbocycles. The lowest BCUT2D eigenvalue weighted by atomic mass is 10.1. The monoisotopic (exact) mass is 244 g/mol. The molecule has 0 aromatic heterocycles. The van der Waals surface area contributed by atoms with E-state index in [0.29, 0.717) is 23.6 Å². The second-order valence-corrected chi connectivity index (χ2v) is 4.09. The molecule has 5 heteroatoms. The summed E-state index contributed by atoms with van der Waals surface area (Å²) in [5.41, 5.74) is 20.4. The van der Waals surface area contributed by atoms with Gasteiger partial charge in [-0.2, -0.15) is 0 Å². The molecule has 2 aromatic carbocycles. The Labute approximate surface area is 105 Å². The molecule has 0 amide bonds. The Morgan fingerprint density at radius 2 is 1.67 bits per heavy atom. The minimum Gasteiger partial charge on any atom is -0.506 e. The third kappa shape index (κ3) is 2.57. The molecule has 94 valence electrons. The van der Waals surface area contributed by atoms with Crippen LogP contribution in [0.3, 0.4) is 0 Å². The average Bonchev–Trinajstić information content (AvgIpc) is 2.34. The van der Waals surface area contributed by atoms with Crippen LogP contribution in [0.15, 0.2) is 36.4 Å². The van der Waals surface area contributed by atoms with Crippen LogP contribution in [-0.2, 0) is 6.54 Å². The van der Waals surface area contributed by atoms with Gasteiger partial charge in [-0.1, -0.05) is 0 Å². The molecule has 2 rings (SSSR count). The molecule has 0 fully saturated rings. The molecule has 0 bridgehead atoms. The smallest absolute Gasteiger partial charge is 0.140 e. The zero-order valence-electron chi connectivity index (χ0n) is 9.85. The van der Waals surface area contributed by atoms with Crippen molar-refractivity contribution in [1.82, 2.24) is 0 Å². The van der Waals surface area contributed by atoms with Gasteiger partial charge in [0, 0.05) is 29.7 Å². The number of phenols is 1. The highest BCUT2D eigenvalue weighted by Crippen LogP contribution is 2.24. The van der Waals surface area contributed by atoms with Crippen molar-refractivity contribution in [2.45, 2.75) is 6.54 Å². The maximum atomic E-state index is 9.49. The summed E-state index contributed by atoms with van der Waals surface area (Å²) < 4.78 is 0. The summed E-state index contributed by atoms with van der Waals surface area (Å²) in [6.07, 6.45) is 0. The molecule has 0 heterocycles. The van der Waals surface area contributed by atoms with Gasteiger partial charge in [0.05, 0.1) is 5.69 Å². The number of hydrogen-bond acceptors (Lipinski definition) is 5. The first-order valence-corrected chi connectivity index (χ1v) is 5.52. The molecule has 0 aliphatic rings. The van der Waals surface area contributed by atoms with Crippen LogP contribution in [0.1, 0.15) is 5.56 Å². The van der Waals surface area contributed by atoms with Gasteiger partial charge in [0.25, 0.3) is 0 Å². The molecule has 0 atom stereocenters. The lowest BCUT2D eigenvalue weighted by molar-refractivity contribution is 0.478. The fraction of sp³-hybridized carbons (Fsp3) is 0.0769. The van der Waals surface area contributed by atoms with Gasteiger partial charge >= 0.3 is 0 Å². The molecule has 0 radical (unpaired) electrons. The maximum absolute atomic E-state index is 9.49. The van der Waals surface area contributed by atoms with E-state index in [9.17, 15) is 5.11 Å². The number of rotatable bonds is 3. The standard InChI is InChI=1S/C13H16N4O/c14-9-1-3-11(15)8(5-9)7-17-10-2-4-12(16)13(18)6-10/h1-6,17-18H,7,14-16H2. The number of anilines is 4. The van der Waals surface area contributed by atoms with Crippen LogP contribution in [0.25, 0.3) is 0 Å². The van der Waals surface area contributed by atoms with Crippen molar-refractivity contribution in [2.75, 3.05) is 22.5 Å². The molecule has 0 spiro atoms. The minimum atomic E-state index is 0.0561. The fourth-order valence-corrected chi connectivity index (χ4v) is 1.63. The van der Waals surface area contributed by atoms with Crippen molar-refractivity contribution >= 4 is 22.7 Å². The van der Waals surface area contributed by atoms with E-state index in [-0.39, 0.29) is 5.75 Å². The summed E-state index contributed by atoms with van der Waals surface area (Å²) in [4.78, 5) is 0. The number of nitrogen functional groups attached to an aromatic ring is 3. The van der Waals surface area contributed by atoms with E-state index in [1.165, 1.54) is 0 Å². The van der Waals surface area contributed by atoms with Crippen LogP contribution in [-0.4, -0.2) is 5.11 Å². The maximum Gasteiger partial charge on any atom is 0.140 e. The molecular weight excluding hydrogens is 228 g/mol. The van der Waals surface area contributed by atoms with Gasteiger partial charge in [0.15, 0.2) is 0 Å². The first kappa shape index (κ1) is 11.9. The van der Waals surface area contributed by atoms with Crippen molar-refractivity contribution in [2.24, 2.45) is 0 Å². The molecule has 0 saturated heterocycles. The predicted molar refractivity (Wildman–Crippen MR) is 75.1 cm³/mol.